The van der Waals surface area contributed by atoms with Gasteiger partial charge in [0.25, 0.3) is 0 Å². The van der Waals surface area contributed by atoms with Crippen LogP contribution in [0.25, 0.3) is 0 Å². The number of hydrogen-bond acceptors (Lipinski definition) is 3. The molecule has 0 saturated carbocycles. The molecule has 1 fully saturated rings. The average Bonchev–Trinajstić information content (AvgIpc) is 2.29. The van der Waals surface area contributed by atoms with Crippen molar-refractivity contribution in [2.45, 2.75) is 39.2 Å². The van der Waals surface area contributed by atoms with E-state index in [1.54, 1.807) is 0 Å². The van der Waals surface area contributed by atoms with Gasteiger partial charge in [-0.3, -0.25) is 4.90 Å². The molecule has 0 aromatic heterocycles. The van der Waals surface area contributed by atoms with E-state index in [-0.39, 0.29) is 0 Å². The Kier molecular flexibility index (Phi) is 7.01. The fourth-order valence-corrected chi connectivity index (χ4v) is 2.27. The summed E-state index contributed by atoms with van der Waals surface area (Å²) in [7, 11) is 2.22. The van der Waals surface area contributed by atoms with Crippen molar-refractivity contribution < 1.29 is 0 Å². The SMILES string of the molecule is CCCNCCCC(C)N1CCN(C)CC1. The molecule has 1 saturated heterocycles. The highest BCUT2D eigenvalue weighted by molar-refractivity contribution is 4.74. The highest BCUT2D eigenvalue weighted by atomic mass is 15.3. The van der Waals surface area contributed by atoms with Crippen LogP contribution in [-0.4, -0.2) is 62.2 Å². The lowest BCUT2D eigenvalue weighted by Crippen LogP contribution is -2.48. The van der Waals surface area contributed by atoms with Crippen LogP contribution in [-0.2, 0) is 0 Å². The van der Waals surface area contributed by atoms with Crippen LogP contribution in [0.2, 0.25) is 0 Å². The summed E-state index contributed by atoms with van der Waals surface area (Å²) in [6.45, 7) is 11.9. The van der Waals surface area contributed by atoms with Gasteiger partial charge in [-0.15, -0.1) is 0 Å². The molecule has 16 heavy (non-hydrogen) atoms. The lowest BCUT2D eigenvalue weighted by Gasteiger charge is -2.36. The second-order valence-corrected chi connectivity index (χ2v) is 5.08. The Morgan fingerprint density at radius 3 is 2.44 bits per heavy atom. The minimum Gasteiger partial charge on any atom is -0.317 e. The van der Waals surface area contributed by atoms with Crippen LogP contribution in [0.15, 0.2) is 0 Å². The van der Waals surface area contributed by atoms with Crippen LogP contribution in [0, 0.1) is 0 Å². The Morgan fingerprint density at radius 2 is 1.81 bits per heavy atom. The monoisotopic (exact) mass is 227 g/mol. The molecule has 1 unspecified atom stereocenters. The van der Waals surface area contributed by atoms with Crippen molar-refractivity contribution >= 4 is 0 Å². The maximum Gasteiger partial charge on any atom is 0.0113 e. The van der Waals surface area contributed by atoms with Crippen molar-refractivity contribution in [2.75, 3.05) is 46.3 Å². The number of piperazine rings is 1. The van der Waals surface area contributed by atoms with Gasteiger partial charge in [0.15, 0.2) is 0 Å². The second kappa shape index (κ2) is 8.04. The van der Waals surface area contributed by atoms with E-state index in [1.807, 2.05) is 0 Å². The number of nitrogens with zero attached hydrogens (tertiary/aromatic N) is 2. The van der Waals surface area contributed by atoms with Crippen LogP contribution in [0.5, 0.6) is 0 Å². The largest absolute Gasteiger partial charge is 0.317 e. The molecule has 0 aromatic rings. The first kappa shape index (κ1) is 13.9. The van der Waals surface area contributed by atoms with Gasteiger partial charge in [0.2, 0.25) is 0 Å². The molecule has 1 rings (SSSR count). The Bertz CT molecular complexity index is 165. The smallest absolute Gasteiger partial charge is 0.0113 e. The summed E-state index contributed by atoms with van der Waals surface area (Å²) < 4.78 is 0. The maximum atomic E-state index is 3.47. The molecule has 96 valence electrons. The van der Waals surface area contributed by atoms with Gasteiger partial charge in [-0.05, 0) is 46.3 Å². The van der Waals surface area contributed by atoms with Crippen LogP contribution in [0.4, 0.5) is 0 Å². The van der Waals surface area contributed by atoms with Gasteiger partial charge in [-0.2, -0.15) is 0 Å². The molecule has 1 aliphatic rings. The summed E-state index contributed by atoms with van der Waals surface area (Å²) in [6, 6.07) is 0.761. The first-order chi connectivity index (χ1) is 7.74. The molecule has 0 aliphatic carbocycles. The van der Waals surface area contributed by atoms with E-state index >= 15 is 0 Å². The number of hydrogen-bond donors (Lipinski definition) is 1. The Hall–Kier alpha value is -0.120. The summed E-state index contributed by atoms with van der Waals surface area (Å²) in [5, 5.41) is 3.47. The zero-order valence-corrected chi connectivity index (χ0v) is 11.3. The predicted octanol–water partition coefficient (Wildman–Crippen LogP) is 1.40. The van der Waals surface area contributed by atoms with Gasteiger partial charge in [-0.1, -0.05) is 6.92 Å². The topological polar surface area (TPSA) is 18.5 Å². The number of likely N-dealkylation sites (N-methyl/N-ethyl adjacent to an activating group) is 1. The Morgan fingerprint density at radius 1 is 1.12 bits per heavy atom. The molecular weight excluding hydrogens is 198 g/mol. The summed E-state index contributed by atoms with van der Waals surface area (Å²) in [6.07, 6.45) is 3.89. The van der Waals surface area contributed by atoms with Crippen molar-refractivity contribution in [3.05, 3.63) is 0 Å². The fourth-order valence-electron chi connectivity index (χ4n) is 2.27. The number of rotatable bonds is 7. The van der Waals surface area contributed by atoms with Gasteiger partial charge < -0.3 is 10.2 Å². The molecule has 1 heterocycles. The molecule has 1 N–H and O–H groups in total. The summed E-state index contributed by atoms with van der Waals surface area (Å²) in [5.41, 5.74) is 0. The normalized spacial score (nSPS) is 21.2. The van der Waals surface area contributed by atoms with Crippen molar-refractivity contribution in [1.82, 2.24) is 15.1 Å². The van der Waals surface area contributed by atoms with Gasteiger partial charge in [0.1, 0.15) is 0 Å². The van der Waals surface area contributed by atoms with Crippen molar-refractivity contribution in [3.8, 4) is 0 Å². The molecule has 1 atom stereocenters. The molecule has 0 radical (unpaired) electrons. The van der Waals surface area contributed by atoms with Gasteiger partial charge in [0, 0.05) is 32.2 Å². The summed E-state index contributed by atoms with van der Waals surface area (Å²) in [4.78, 5) is 5.06. The minimum absolute atomic E-state index is 0.761. The van der Waals surface area contributed by atoms with Crippen LogP contribution >= 0.6 is 0 Å². The Labute approximate surface area is 101 Å². The highest BCUT2D eigenvalue weighted by Crippen LogP contribution is 2.09. The second-order valence-electron chi connectivity index (χ2n) is 5.08. The van der Waals surface area contributed by atoms with E-state index in [9.17, 15) is 0 Å². The molecule has 3 heteroatoms. The first-order valence-corrected chi connectivity index (χ1v) is 6.87. The molecule has 1 aliphatic heterocycles. The molecule has 0 spiro atoms. The Balaban J connectivity index is 2.03. The fraction of sp³-hybridized carbons (Fsp3) is 1.00. The van der Waals surface area contributed by atoms with Crippen molar-refractivity contribution in [2.24, 2.45) is 0 Å². The lowest BCUT2D eigenvalue weighted by molar-refractivity contribution is 0.113. The molecule has 0 aromatic carbocycles. The first-order valence-electron chi connectivity index (χ1n) is 6.87. The predicted molar refractivity (Wildman–Crippen MR) is 70.9 cm³/mol. The quantitative estimate of drug-likeness (QED) is 0.663. The zero-order chi connectivity index (χ0) is 11.8. The van der Waals surface area contributed by atoms with E-state index in [0.717, 1.165) is 6.04 Å². The lowest BCUT2D eigenvalue weighted by atomic mass is 10.1. The van der Waals surface area contributed by atoms with Gasteiger partial charge in [0.05, 0.1) is 0 Å². The minimum atomic E-state index is 0.761. The van der Waals surface area contributed by atoms with Crippen LogP contribution in [0.1, 0.15) is 33.1 Å². The van der Waals surface area contributed by atoms with Crippen LogP contribution < -0.4 is 5.32 Å². The van der Waals surface area contributed by atoms with E-state index in [2.05, 4.69) is 36.0 Å². The van der Waals surface area contributed by atoms with Gasteiger partial charge in [-0.25, -0.2) is 0 Å². The average molecular weight is 227 g/mol. The third-order valence-electron chi connectivity index (χ3n) is 3.56. The van der Waals surface area contributed by atoms with E-state index in [4.69, 9.17) is 0 Å². The number of nitrogens with one attached hydrogen (secondary N) is 1. The van der Waals surface area contributed by atoms with Crippen LogP contribution in [0.3, 0.4) is 0 Å². The zero-order valence-electron chi connectivity index (χ0n) is 11.3. The van der Waals surface area contributed by atoms with Crippen molar-refractivity contribution in [1.29, 1.82) is 0 Å². The van der Waals surface area contributed by atoms with E-state index in [0.29, 0.717) is 0 Å². The van der Waals surface area contributed by atoms with Gasteiger partial charge >= 0.3 is 0 Å². The maximum absolute atomic E-state index is 3.47. The molecule has 0 bridgehead atoms. The summed E-state index contributed by atoms with van der Waals surface area (Å²) in [5.74, 6) is 0. The highest BCUT2D eigenvalue weighted by Gasteiger charge is 2.18. The summed E-state index contributed by atoms with van der Waals surface area (Å²) >= 11 is 0. The molecule has 3 nitrogen and oxygen atoms in total. The molecule has 0 amide bonds. The standard InChI is InChI=1S/C13H29N3/c1-4-7-14-8-5-6-13(2)16-11-9-15(3)10-12-16/h13-14H,4-12H2,1-3H3. The van der Waals surface area contributed by atoms with E-state index < -0.39 is 0 Å². The molecular formula is C13H29N3. The third-order valence-corrected chi connectivity index (χ3v) is 3.56. The van der Waals surface area contributed by atoms with Crippen molar-refractivity contribution in [3.63, 3.8) is 0 Å². The third kappa shape index (κ3) is 5.28. The van der Waals surface area contributed by atoms with E-state index in [1.165, 1.54) is 58.5 Å².